The molecule has 6 nitrogen and oxygen atoms in total. The third-order valence-corrected chi connectivity index (χ3v) is 1.31. The first kappa shape index (κ1) is 57.2. The quantitative estimate of drug-likeness (QED) is 0.218. The van der Waals surface area contributed by atoms with E-state index in [-0.39, 0.29) is 58.9 Å². The van der Waals surface area contributed by atoms with Gasteiger partial charge in [0.05, 0.1) is 0 Å². The molecule has 0 bridgehead atoms. The molecule has 0 aromatic carbocycles. The van der Waals surface area contributed by atoms with Gasteiger partial charge in [0.2, 0.25) is 0 Å². The van der Waals surface area contributed by atoms with E-state index in [1.54, 1.807) is 0 Å². The Kier molecular flexibility index (Phi) is 45.1. The predicted molar refractivity (Wildman–Crippen MR) is 94.7 cm³/mol. The van der Waals surface area contributed by atoms with Gasteiger partial charge >= 0.3 is 36.4 Å². The molecule has 0 saturated carbocycles. The average molecular weight is 530 g/mol. The van der Waals surface area contributed by atoms with Crippen LogP contribution in [0, 0.1) is 43.2 Å². The van der Waals surface area contributed by atoms with Crippen LogP contribution >= 0.6 is 0 Å². The van der Waals surface area contributed by atoms with Crippen LogP contribution in [0.3, 0.4) is 0 Å². The summed E-state index contributed by atoms with van der Waals surface area (Å²) in [4.78, 5) is 26.7. The van der Waals surface area contributed by atoms with E-state index in [1.165, 1.54) is 0 Å². The van der Waals surface area contributed by atoms with Crippen LogP contribution in [0.15, 0.2) is 18.2 Å². The second kappa shape index (κ2) is 25.2. The fraction of sp³-hybridized carbons (Fsp3) is 0.250. The summed E-state index contributed by atoms with van der Waals surface area (Å²) < 4.78 is 95.2. The number of allylic oxidation sites excluding steroid dienone is 4. The summed E-state index contributed by atoms with van der Waals surface area (Å²) in [5.74, 6) is -8.27. The minimum absolute atomic E-state index is 0. The zero-order valence-corrected chi connectivity index (χ0v) is 19.0. The molecule has 0 heterocycles. The monoisotopic (exact) mass is 530 g/mol. The summed E-state index contributed by atoms with van der Waals surface area (Å²) in [5.41, 5.74) is 0. The van der Waals surface area contributed by atoms with Crippen molar-refractivity contribution >= 4 is 17.9 Å². The number of alkyl halides is 9. The third-order valence-electron chi connectivity index (χ3n) is 1.31. The Bertz CT molecular complexity index is 459. The molecule has 0 aromatic heterocycles. The molecule has 0 atom stereocenters. The molecule has 16 heteroatoms. The van der Waals surface area contributed by atoms with E-state index in [4.69, 9.17) is 29.7 Å². The van der Waals surface area contributed by atoms with Crippen molar-refractivity contribution in [3.63, 3.8) is 0 Å². The molecule has 32 heavy (non-hydrogen) atoms. The van der Waals surface area contributed by atoms with Crippen molar-refractivity contribution in [3.05, 3.63) is 61.4 Å². The minimum Gasteiger partial charge on any atom is -0.475 e. The molecule has 3 N–H and O–H groups in total. The number of carbonyl (C=O) groups is 3. The minimum atomic E-state index is -5.08. The number of halogens is 9. The molecular weight excluding hydrogens is 507 g/mol. The zero-order valence-electron chi connectivity index (χ0n) is 17.4. The van der Waals surface area contributed by atoms with Gasteiger partial charge in [-0.2, -0.15) is 45.6 Å². The molecule has 0 saturated heterocycles. The molecule has 1 aliphatic rings. The Morgan fingerprint density at radius 2 is 0.812 bits per heavy atom. The molecule has 196 valence electrons. The van der Waals surface area contributed by atoms with Crippen LogP contribution in [-0.4, -0.2) is 51.8 Å². The smallest absolute Gasteiger partial charge is 0.475 e. The van der Waals surface area contributed by atoms with Crippen LogP contribution in [-0.2, 0) is 36.1 Å². The maximum atomic E-state index is 10.6. The maximum Gasteiger partial charge on any atom is 0.490 e. The standard InChI is InChI=1S/C5H5.3C2HF3O2.5CH3.Ti/c1-2-4-5-3-1;3*3-2(4,5)1(6)7;;;;;;/h1-3H,4H2;3*(H,6,7);5*1H3;/q-1;;;;5*-1;. The Balaban J connectivity index is -0.0000000297. The largest absolute Gasteiger partial charge is 0.490 e. The van der Waals surface area contributed by atoms with Crippen molar-refractivity contribution in [2.75, 3.05) is 0 Å². The van der Waals surface area contributed by atoms with Gasteiger partial charge in [0.15, 0.2) is 0 Å². The van der Waals surface area contributed by atoms with Crippen molar-refractivity contribution in [2.45, 2.75) is 24.9 Å². The maximum absolute atomic E-state index is 10.6. The van der Waals surface area contributed by atoms with Gasteiger partial charge in [-0.25, -0.2) is 26.5 Å². The molecule has 0 aliphatic heterocycles. The third kappa shape index (κ3) is 46.3. The van der Waals surface area contributed by atoms with E-state index in [1.807, 2.05) is 12.2 Å². The van der Waals surface area contributed by atoms with E-state index in [9.17, 15) is 39.5 Å². The van der Waals surface area contributed by atoms with Crippen molar-refractivity contribution in [3.8, 4) is 0 Å². The summed E-state index contributed by atoms with van der Waals surface area (Å²) in [6.07, 6.45) is -5.25. The molecule has 0 fully saturated rings. The van der Waals surface area contributed by atoms with Gasteiger partial charge in [-0.1, -0.05) is 0 Å². The Hall–Kier alpha value is -2.03. The second-order valence-corrected chi connectivity index (χ2v) is 3.41. The predicted octanol–water partition coefficient (Wildman–Crippen LogP) is 5.45. The number of hydrogen-bond donors (Lipinski definition) is 3. The van der Waals surface area contributed by atoms with Gasteiger partial charge < -0.3 is 52.5 Å². The molecule has 0 spiro atoms. The van der Waals surface area contributed by atoms with Crippen molar-refractivity contribution in [1.29, 1.82) is 0 Å². The van der Waals surface area contributed by atoms with Crippen LogP contribution < -0.4 is 0 Å². The van der Waals surface area contributed by atoms with Crippen molar-refractivity contribution in [1.82, 2.24) is 0 Å². The number of carboxylic acid groups (broad SMARTS) is 3. The first-order valence-electron chi connectivity index (χ1n) is 5.45. The second-order valence-electron chi connectivity index (χ2n) is 3.41. The van der Waals surface area contributed by atoms with Gasteiger partial charge in [-0.05, 0) is 0 Å². The number of carboxylic acids is 3. The first-order valence-corrected chi connectivity index (χ1v) is 5.45. The van der Waals surface area contributed by atoms with Crippen LogP contribution in [0.5, 0.6) is 0 Å². The fourth-order valence-corrected chi connectivity index (χ4v) is 0.340. The van der Waals surface area contributed by atoms with E-state index < -0.39 is 36.4 Å². The van der Waals surface area contributed by atoms with Gasteiger partial charge in [0, 0.05) is 21.7 Å². The first-order chi connectivity index (χ1) is 11.3. The molecule has 0 radical (unpaired) electrons. The van der Waals surface area contributed by atoms with Crippen LogP contribution in [0.1, 0.15) is 6.42 Å². The average Bonchev–Trinajstić information content (AvgIpc) is 2.95. The fourth-order valence-electron chi connectivity index (χ4n) is 0.340. The van der Waals surface area contributed by atoms with Crippen LogP contribution in [0.4, 0.5) is 39.5 Å². The molecule has 0 unspecified atom stereocenters. The summed E-state index contributed by atoms with van der Waals surface area (Å²) in [7, 11) is 0. The molecule has 0 aromatic rings. The summed E-state index contributed by atoms with van der Waals surface area (Å²) in [6.45, 7) is 0. The van der Waals surface area contributed by atoms with E-state index in [0.717, 1.165) is 6.42 Å². The number of aliphatic carboxylic acids is 3. The summed E-state index contributed by atoms with van der Waals surface area (Å²) >= 11 is 0. The van der Waals surface area contributed by atoms with E-state index >= 15 is 0 Å². The van der Waals surface area contributed by atoms with Gasteiger partial charge in [0.1, 0.15) is 0 Å². The van der Waals surface area contributed by atoms with E-state index in [0.29, 0.717) is 0 Å². The van der Waals surface area contributed by atoms with Gasteiger partial charge in [-0.15, -0.1) is 6.42 Å². The number of rotatable bonds is 0. The normalized spacial score (nSPS) is 10.2. The zero-order chi connectivity index (χ0) is 21.8. The molecular formula is C16H23F9O6Ti-6. The molecule has 1 aliphatic carbocycles. The molecule has 1 rings (SSSR count). The van der Waals surface area contributed by atoms with Crippen LogP contribution in [0.2, 0.25) is 0 Å². The molecule has 0 amide bonds. The van der Waals surface area contributed by atoms with Crippen LogP contribution in [0.25, 0.3) is 0 Å². The Labute approximate surface area is 195 Å². The Morgan fingerprint density at radius 3 is 0.844 bits per heavy atom. The Morgan fingerprint density at radius 1 is 0.625 bits per heavy atom. The van der Waals surface area contributed by atoms with Crippen molar-refractivity contribution < 1.29 is 90.9 Å². The van der Waals surface area contributed by atoms with Gasteiger partial charge in [0.25, 0.3) is 0 Å². The van der Waals surface area contributed by atoms with Gasteiger partial charge in [-0.3, -0.25) is 6.08 Å². The van der Waals surface area contributed by atoms with E-state index in [2.05, 4.69) is 12.2 Å². The van der Waals surface area contributed by atoms with Crippen molar-refractivity contribution in [2.24, 2.45) is 0 Å². The SMILES string of the molecule is O=C(O)C(F)(F)F.O=C(O)C(F)(F)F.O=C(O)C(F)(F)F.[C-]1=CC=CC1.[CH3-].[CH3-].[CH3-].[CH3-].[CH3-].[Ti]. The topological polar surface area (TPSA) is 112 Å². The summed E-state index contributed by atoms with van der Waals surface area (Å²) in [6, 6.07) is 0. The number of hydrogen-bond acceptors (Lipinski definition) is 3. The summed E-state index contributed by atoms with van der Waals surface area (Å²) in [5, 5.41) is 21.4.